The van der Waals surface area contributed by atoms with Crippen molar-refractivity contribution in [3.05, 3.63) is 41.0 Å². The summed E-state index contributed by atoms with van der Waals surface area (Å²) in [4.78, 5) is 12.4. The molecule has 146 valence electrons. The SMILES string of the molecule is Nn1c(SCC(=O)Nc2ccnn2C2CCCC2)nnc1-c1ccccc1Br. The minimum Gasteiger partial charge on any atom is -0.335 e. The van der Waals surface area contributed by atoms with E-state index in [1.807, 2.05) is 35.0 Å². The quantitative estimate of drug-likeness (QED) is 0.430. The Bertz CT molecular complexity index is 980. The van der Waals surface area contributed by atoms with Gasteiger partial charge in [-0.15, -0.1) is 10.2 Å². The summed E-state index contributed by atoms with van der Waals surface area (Å²) >= 11 is 4.73. The van der Waals surface area contributed by atoms with Crippen molar-refractivity contribution in [2.24, 2.45) is 0 Å². The Hall–Kier alpha value is -2.33. The van der Waals surface area contributed by atoms with E-state index in [1.54, 1.807) is 6.20 Å². The van der Waals surface area contributed by atoms with Gasteiger partial charge in [0.2, 0.25) is 11.1 Å². The number of amides is 1. The van der Waals surface area contributed by atoms with Crippen molar-refractivity contribution in [3.8, 4) is 11.4 Å². The Morgan fingerprint density at radius 1 is 1.25 bits per heavy atom. The first-order valence-electron chi connectivity index (χ1n) is 9.05. The number of hydrogen-bond donors (Lipinski definition) is 2. The Balaban J connectivity index is 1.40. The van der Waals surface area contributed by atoms with E-state index in [0.29, 0.717) is 17.0 Å². The van der Waals surface area contributed by atoms with E-state index < -0.39 is 0 Å². The molecule has 3 N–H and O–H groups in total. The molecule has 1 saturated carbocycles. The molecule has 1 fully saturated rings. The van der Waals surface area contributed by atoms with Gasteiger partial charge >= 0.3 is 0 Å². The lowest BCUT2D eigenvalue weighted by atomic mass is 10.2. The first-order chi connectivity index (χ1) is 13.6. The third kappa shape index (κ3) is 3.93. The number of nitrogens with two attached hydrogens (primary N) is 1. The molecule has 0 spiro atoms. The Morgan fingerprint density at radius 3 is 2.82 bits per heavy atom. The van der Waals surface area contributed by atoms with Gasteiger partial charge in [0, 0.05) is 16.1 Å². The summed E-state index contributed by atoms with van der Waals surface area (Å²) in [7, 11) is 0. The topological polar surface area (TPSA) is 104 Å². The highest BCUT2D eigenvalue weighted by atomic mass is 79.9. The van der Waals surface area contributed by atoms with Crippen LogP contribution in [0.1, 0.15) is 31.7 Å². The Morgan fingerprint density at radius 2 is 2.04 bits per heavy atom. The number of nitrogens with zero attached hydrogens (tertiary/aromatic N) is 5. The molecule has 28 heavy (non-hydrogen) atoms. The van der Waals surface area contributed by atoms with Gasteiger partial charge in [-0.3, -0.25) is 4.79 Å². The first-order valence-corrected chi connectivity index (χ1v) is 10.8. The molecule has 0 bridgehead atoms. The van der Waals surface area contributed by atoms with Crippen molar-refractivity contribution in [1.82, 2.24) is 24.7 Å². The number of thioether (sulfide) groups is 1. The van der Waals surface area contributed by atoms with Gasteiger partial charge in [-0.05, 0) is 25.0 Å². The maximum Gasteiger partial charge on any atom is 0.235 e. The average Bonchev–Trinajstić information content (AvgIpc) is 3.42. The monoisotopic (exact) mass is 461 g/mol. The molecule has 0 radical (unpaired) electrons. The fourth-order valence-electron chi connectivity index (χ4n) is 3.36. The molecule has 2 aromatic heterocycles. The summed E-state index contributed by atoms with van der Waals surface area (Å²) in [6.07, 6.45) is 6.35. The smallest absolute Gasteiger partial charge is 0.235 e. The predicted octanol–water partition coefficient (Wildman–Crippen LogP) is 3.46. The van der Waals surface area contributed by atoms with Gasteiger partial charge in [0.05, 0.1) is 18.0 Å². The number of carbonyl (C=O) groups is 1. The zero-order valence-electron chi connectivity index (χ0n) is 15.1. The van der Waals surface area contributed by atoms with Gasteiger partial charge in [-0.25, -0.2) is 9.36 Å². The highest BCUT2D eigenvalue weighted by Crippen LogP contribution is 2.31. The van der Waals surface area contributed by atoms with Crippen LogP contribution in [-0.4, -0.2) is 36.3 Å². The number of hydrogen-bond acceptors (Lipinski definition) is 6. The molecular formula is C18H20BrN7OS. The van der Waals surface area contributed by atoms with E-state index >= 15 is 0 Å². The van der Waals surface area contributed by atoms with E-state index in [9.17, 15) is 4.79 Å². The summed E-state index contributed by atoms with van der Waals surface area (Å²) < 4.78 is 4.20. The Kier molecular flexibility index (Phi) is 5.67. The molecule has 8 nitrogen and oxygen atoms in total. The number of nitrogen functional groups attached to an aromatic ring is 1. The van der Waals surface area contributed by atoms with Gasteiger partial charge in [0.25, 0.3) is 0 Å². The fraction of sp³-hybridized carbons (Fsp3) is 0.333. The summed E-state index contributed by atoms with van der Waals surface area (Å²) in [5, 5.41) is 16.1. The highest BCUT2D eigenvalue weighted by molar-refractivity contribution is 9.10. The minimum atomic E-state index is -0.129. The lowest BCUT2D eigenvalue weighted by Gasteiger charge is -2.14. The molecule has 4 rings (SSSR count). The van der Waals surface area contributed by atoms with Crippen molar-refractivity contribution >= 4 is 39.4 Å². The van der Waals surface area contributed by atoms with E-state index in [4.69, 9.17) is 5.84 Å². The summed E-state index contributed by atoms with van der Waals surface area (Å²) in [6.45, 7) is 0. The van der Waals surface area contributed by atoms with E-state index in [-0.39, 0.29) is 11.7 Å². The summed E-state index contributed by atoms with van der Waals surface area (Å²) in [5.74, 6) is 7.46. The van der Waals surface area contributed by atoms with Crippen molar-refractivity contribution in [2.75, 3.05) is 16.9 Å². The van der Waals surface area contributed by atoms with Gasteiger partial charge < -0.3 is 11.2 Å². The maximum absolute atomic E-state index is 12.4. The minimum absolute atomic E-state index is 0.129. The highest BCUT2D eigenvalue weighted by Gasteiger charge is 2.21. The second-order valence-electron chi connectivity index (χ2n) is 6.59. The lowest BCUT2D eigenvalue weighted by Crippen LogP contribution is -2.20. The third-order valence-electron chi connectivity index (χ3n) is 4.72. The van der Waals surface area contributed by atoms with Gasteiger partial charge in [0.15, 0.2) is 5.82 Å². The molecule has 0 saturated heterocycles. The number of carbonyl (C=O) groups excluding carboxylic acids is 1. The van der Waals surface area contributed by atoms with Crippen molar-refractivity contribution in [2.45, 2.75) is 36.9 Å². The number of halogens is 1. The number of rotatable bonds is 6. The molecule has 1 amide bonds. The number of anilines is 1. The lowest BCUT2D eigenvalue weighted by molar-refractivity contribution is -0.113. The van der Waals surface area contributed by atoms with Crippen LogP contribution in [0.15, 0.2) is 46.2 Å². The first kappa shape index (κ1) is 19.0. The second kappa shape index (κ2) is 8.36. The number of nitrogens with one attached hydrogen (secondary N) is 1. The molecule has 1 aliphatic rings. The average molecular weight is 462 g/mol. The van der Waals surface area contributed by atoms with Crippen molar-refractivity contribution in [3.63, 3.8) is 0 Å². The van der Waals surface area contributed by atoms with Crippen LogP contribution in [0.4, 0.5) is 5.82 Å². The largest absolute Gasteiger partial charge is 0.335 e. The van der Waals surface area contributed by atoms with Crippen LogP contribution in [0.2, 0.25) is 0 Å². The molecule has 2 heterocycles. The summed E-state index contributed by atoms with van der Waals surface area (Å²) in [6, 6.07) is 9.85. The van der Waals surface area contributed by atoms with E-state index in [0.717, 1.165) is 28.7 Å². The standard InChI is InChI=1S/C18H20BrN7OS/c19-14-8-4-3-7-13(14)17-23-24-18(25(17)20)28-11-16(27)22-15-9-10-21-26(15)12-5-1-2-6-12/h3-4,7-10,12H,1-2,5-6,11,20H2,(H,22,27). The molecule has 0 unspecified atom stereocenters. The molecule has 0 aliphatic heterocycles. The van der Waals surface area contributed by atoms with Crippen LogP contribution in [0.25, 0.3) is 11.4 Å². The number of aromatic nitrogens is 5. The van der Waals surface area contributed by atoms with Crippen LogP contribution < -0.4 is 11.2 Å². The predicted molar refractivity (Wildman–Crippen MR) is 112 cm³/mol. The molecule has 3 aromatic rings. The van der Waals surface area contributed by atoms with E-state index in [2.05, 4.69) is 36.5 Å². The van der Waals surface area contributed by atoms with Crippen LogP contribution in [0.5, 0.6) is 0 Å². The molecule has 10 heteroatoms. The van der Waals surface area contributed by atoms with E-state index in [1.165, 1.54) is 29.3 Å². The van der Waals surface area contributed by atoms with Crippen molar-refractivity contribution in [1.29, 1.82) is 0 Å². The second-order valence-corrected chi connectivity index (χ2v) is 8.39. The van der Waals surface area contributed by atoms with Crippen LogP contribution in [-0.2, 0) is 4.79 Å². The van der Waals surface area contributed by atoms with Crippen molar-refractivity contribution < 1.29 is 4.79 Å². The van der Waals surface area contributed by atoms with Crippen LogP contribution in [0, 0.1) is 0 Å². The molecule has 1 aromatic carbocycles. The van der Waals surface area contributed by atoms with Gasteiger partial charge in [-0.1, -0.05) is 52.7 Å². The maximum atomic E-state index is 12.4. The van der Waals surface area contributed by atoms with Gasteiger partial charge in [0.1, 0.15) is 5.82 Å². The Labute approximate surface area is 175 Å². The zero-order chi connectivity index (χ0) is 19.5. The van der Waals surface area contributed by atoms with Crippen LogP contribution in [0.3, 0.4) is 0 Å². The van der Waals surface area contributed by atoms with Gasteiger partial charge in [-0.2, -0.15) is 5.10 Å². The van der Waals surface area contributed by atoms with Crippen LogP contribution >= 0.6 is 27.7 Å². The zero-order valence-corrected chi connectivity index (χ0v) is 17.5. The normalized spacial score (nSPS) is 14.5. The third-order valence-corrected chi connectivity index (χ3v) is 6.35. The molecule has 1 aliphatic carbocycles. The summed E-state index contributed by atoms with van der Waals surface area (Å²) in [5.41, 5.74) is 0.842. The fourth-order valence-corrected chi connectivity index (χ4v) is 4.48. The molecule has 0 atom stereocenters. The number of benzene rings is 1. The molecular weight excluding hydrogens is 442 g/mol.